The predicted octanol–water partition coefficient (Wildman–Crippen LogP) is 2.12. The highest BCUT2D eigenvalue weighted by molar-refractivity contribution is 5.70. The molecule has 1 aliphatic rings. The maximum atomic E-state index is 10.8. The van der Waals surface area contributed by atoms with Crippen LogP contribution in [0.3, 0.4) is 0 Å². The molecule has 88 valence electrons. The second-order valence-electron chi connectivity index (χ2n) is 5.10. The molecule has 0 bridgehead atoms. The Balaban J connectivity index is 2.45. The number of carboxylic acids is 1. The molecule has 5 unspecified atom stereocenters. The monoisotopic (exact) mass is 213 g/mol. The van der Waals surface area contributed by atoms with Gasteiger partial charge in [-0.05, 0) is 31.6 Å². The Bertz CT molecular complexity index is 230. The van der Waals surface area contributed by atoms with Gasteiger partial charge in [-0.2, -0.15) is 0 Å². The zero-order chi connectivity index (χ0) is 11.6. The van der Waals surface area contributed by atoms with Gasteiger partial charge >= 0.3 is 5.97 Å². The Labute approximate surface area is 92.3 Å². The first-order chi connectivity index (χ1) is 6.93. The van der Waals surface area contributed by atoms with E-state index in [1.54, 1.807) is 6.92 Å². The first-order valence-corrected chi connectivity index (χ1v) is 5.92. The molecule has 0 heterocycles. The van der Waals surface area contributed by atoms with Crippen molar-refractivity contribution in [3.05, 3.63) is 0 Å². The summed E-state index contributed by atoms with van der Waals surface area (Å²) in [6.45, 7) is 8.27. The summed E-state index contributed by atoms with van der Waals surface area (Å²) in [4.78, 5) is 10.8. The van der Waals surface area contributed by atoms with Gasteiger partial charge in [0.05, 0.1) is 5.92 Å². The van der Waals surface area contributed by atoms with Crippen LogP contribution in [0.5, 0.6) is 0 Å². The van der Waals surface area contributed by atoms with Gasteiger partial charge in [-0.15, -0.1) is 0 Å². The average molecular weight is 213 g/mol. The first kappa shape index (κ1) is 12.5. The van der Waals surface area contributed by atoms with E-state index in [1.807, 2.05) is 6.92 Å². The van der Waals surface area contributed by atoms with Crippen molar-refractivity contribution in [3.63, 3.8) is 0 Å². The molecule has 3 heteroatoms. The van der Waals surface area contributed by atoms with Crippen LogP contribution in [0.1, 0.15) is 40.5 Å². The fraction of sp³-hybridized carbons (Fsp3) is 0.917. The zero-order valence-corrected chi connectivity index (χ0v) is 10.2. The van der Waals surface area contributed by atoms with Crippen LogP contribution in [0.2, 0.25) is 0 Å². The lowest BCUT2D eigenvalue weighted by Crippen LogP contribution is -2.44. The smallest absolute Gasteiger partial charge is 0.307 e. The molecule has 3 nitrogen and oxygen atoms in total. The minimum Gasteiger partial charge on any atom is -0.481 e. The summed E-state index contributed by atoms with van der Waals surface area (Å²) in [7, 11) is 0. The van der Waals surface area contributed by atoms with E-state index in [9.17, 15) is 4.79 Å². The number of aliphatic carboxylic acids is 1. The Morgan fingerprint density at radius 2 is 1.93 bits per heavy atom. The quantitative estimate of drug-likeness (QED) is 0.752. The Morgan fingerprint density at radius 3 is 2.33 bits per heavy atom. The summed E-state index contributed by atoms with van der Waals surface area (Å²) < 4.78 is 0. The van der Waals surface area contributed by atoms with Gasteiger partial charge in [-0.3, -0.25) is 4.79 Å². The molecule has 0 spiro atoms. The molecule has 1 fully saturated rings. The standard InChI is InChI=1S/C12H23NO2/c1-7-5-6-11(8(7)2)13-10(4)9(3)12(14)15/h7-11,13H,5-6H2,1-4H3,(H,14,15). The van der Waals surface area contributed by atoms with E-state index in [-0.39, 0.29) is 12.0 Å². The van der Waals surface area contributed by atoms with Gasteiger partial charge < -0.3 is 10.4 Å². The molecule has 0 radical (unpaired) electrons. The van der Waals surface area contributed by atoms with Crippen LogP contribution >= 0.6 is 0 Å². The van der Waals surface area contributed by atoms with Crippen molar-refractivity contribution < 1.29 is 9.90 Å². The van der Waals surface area contributed by atoms with Crippen LogP contribution in [-0.2, 0) is 4.79 Å². The molecule has 0 aromatic heterocycles. The van der Waals surface area contributed by atoms with Gasteiger partial charge in [0, 0.05) is 12.1 Å². The van der Waals surface area contributed by atoms with Crippen LogP contribution in [0, 0.1) is 17.8 Å². The molecule has 0 amide bonds. The largest absolute Gasteiger partial charge is 0.481 e. The lowest BCUT2D eigenvalue weighted by molar-refractivity contribution is -0.142. The molecule has 0 aliphatic heterocycles. The van der Waals surface area contributed by atoms with E-state index in [1.165, 1.54) is 12.8 Å². The molecule has 5 atom stereocenters. The highest BCUT2D eigenvalue weighted by Crippen LogP contribution is 2.31. The van der Waals surface area contributed by atoms with E-state index in [4.69, 9.17) is 5.11 Å². The maximum Gasteiger partial charge on any atom is 0.307 e. The fourth-order valence-corrected chi connectivity index (χ4v) is 2.30. The van der Waals surface area contributed by atoms with E-state index in [0.29, 0.717) is 12.0 Å². The Kier molecular flexibility index (Phi) is 4.14. The van der Waals surface area contributed by atoms with E-state index in [0.717, 1.165) is 5.92 Å². The lowest BCUT2D eigenvalue weighted by Gasteiger charge is -2.26. The molecule has 1 aliphatic carbocycles. The molecule has 2 N–H and O–H groups in total. The van der Waals surface area contributed by atoms with Crippen molar-refractivity contribution in [2.75, 3.05) is 0 Å². The molecular formula is C12H23NO2. The van der Waals surface area contributed by atoms with Crippen molar-refractivity contribution in [2.45, 2.75) is 52.6 Å². The summed E-state index contributed by atoms with van der Waals surface area (Å²) >= 11 is 0. The maximum absolute atomic E-state index is 10.8. The number of carboxylic acid groups (broad SMARTS) is 1. The van der Waals surface area contributed by atoms with E-state index >= 15 is 0 Å². The molecular weight excluding hydrogens is 190 g/mol. The second-order valence-corrected chi connectivity index (χ2v) is 5.10. The third-order valence-corrected chi connectivity index (χ3v) is 4.08. The van der Waals surface area contributed by atoms with Crippen molar-refractivity contribution in [3.8, 4) is 0 Å². The Hall–Kier alpha value is -0.570. The fourth-order valence-electron chi connectivity index (χ4n) is 2.30. The van der Waals surface area contributed by atoms with Gasteiger partial charge in [0.1, 0.15) is 0 Å². The van der Waals surface area contributed by atoms with E-state index < -0.39 is 5.97 Å². The molecule has 1 rings (SSSR count). The minimum atomic E-state index is -0.714. The normalized spacial score (nSPS) is 35.1. The van der Waals surface area contributed by atoms with Crippen LogP contribution in [-0.4, -0.2) is 23.2 Å². The average Bonchev–Trinajstić information content (AvgIpc) is 2.48. The molecule has 0 aromatic carbocycles. The van der Waals surface area contributed by atoms with Crippen LogP contribution in [0.25, 0.3) is 0 Å². The molecule has 15 heavy (non-hydrogen) atoms. The van der Waals surface area contributed by atoms with Gasteiger partial charge in [0.25, 0.3) is 0 Å². The summed E-state index contributed by atoms with van der Waals surface area (Å²) in [6.07, 6.45) is 2.44. The van der Waals surface area contributed by atoms with Gasteiger partial charge in [-0.25, -0.2) is 0 Å². The highest BCUT2D eigenvalue weighted by atomic mass is 16.4. The predicted molar refractivity (Wildman–Crippen MR) is 60.7 cm³/mol. The third-order valence-electron chi connectivity index (χ3n) is 4.08. The topological polar surface area (TPSA) is 49.3 Å². The SMILES string of the molecule is CC1CCC(NC(C)C(C)C(=O)O)C1C. The lowest BCUT2D eigenvalue weighted by atomic mass is 9.96. The number of nitrogens with one attached hydrogen (secondary N) is 1. The summed E-state index contributed by atoms with van der Waals surface area (Å²) in [5.74, 6) is 0.394. The summed E-state index contributed by atoms with van der Waals surface area (Å²) in [5, 5.41) is 12.4. The van der Waals surface area contributed by atoms with Crippen molar-refractivity contribution in [1.82, 2.24) is 5.32 Å². The van der Waals surface area contributed by atoms with Crippen molar-refractivity contribution in [2.24, 2.45) is 17.8 Å². The number of hydrogen-bond acceptors (Lipinski definition) is 2. The van der Waals surface area contributed by atoms with Crippen LogP contribution < -0.4 is 5.32 Å². The van der Waals surface area contributed by atoms with Gasteiger partial charge in [0.2, 0.25) is 0 Å². The first-order valence-electron chi connectivity index (χ1n) is 5.92. The highest BCUT2D eigenvalue weighted by Gasteiger charge is 2.32. The summed E-state index contributed by atoms with van der Waals surface area (Å²) in [6, 6.07) is 0.553. The van der Waals surface area contributed by atoms with Crippen molar-refractivity contribution in [1.29, 1.82) is 0 Å². The zero-order valence-electron chi connectivity index (χ0n) is 10.2. The molecule has 1 saturated carbocycles. The number of rotatable bonds is 4. The van der Waals surface area contributed by atoms with Crippen molar-refractivity contribution >= 4 is 5.97 Å². The third kappa shape index (κ3) is 2.94. The Morgan fingerprint density at radius 1 is 1.33 bits per heavy atom. The minimum absolute atomic E-state index is 0.0558. The second kappa shape index (κ2) is 4.97. The van der Waals surface area contributed by atoms with Crippen LogP contribution in [0.15, 0.2) is 0 Å². The van der Waals surface area contributed by atoms with Crippen LogP contribution in [0.4, 0.5) is 0 Å². The molecule has 0 aromatic rings. The van der Waals surface area contributed by atoms with Gasteiger partial charge in [-0.1, -0.05) is 20.8 Å². The van der Waals surface area contributed by atoms with Gasteiger partial charge in [0.15, 0.2) is 0 Å². The molecule has 0 saturated heterocycles. The number of carbonyl (C=O) groups is 1. The van der Waals surface area contributed by atoms with E-state index in [2.05, 4.69) is 19.2 Å². The number of hydrogen-bond donors (Lipinski definition) is 2. The summed E-state index contributed by atoms with van der Waals surface area (Å²) in [5.41, 5.74) is 0.